The summed E-state index contributed by atoms with van der Waals surface area (Å²) in [7, 11) is -8.60. The van der Waals surface area contributed by atoms with E-state index < -0.39 is 31.6 Å². The molecule has 1 aliphatic rings. The van der Waals surface area contributed by atoms with Crippen molar-refractivity contribution in [3.05, 3.63) is 155 Å². The van der Waals surface area contributed by atoms with Crippen molar-refractivity contribution >= 4 is 77.9 Å². The Labute approximate surface area is 321 Å². The number of hydrogen-bond donors (Lipinski definition) is 4. The maximum absolute atomic E-state index is 14.9. The summed E-state index contributed by atoms with van der Waals surface area (Å²) in [5.41, 5.74) is 13.4. The van der Waals surface area contributed by atoms with Gasteiger partial charge in [0.2, 0.25) is 0 Å². The van der Waals surface area contributed by atoms with Crippen molar-refractivity contribution in [1.29, 1.82) is 0 Å². The number of nitrogens with one attached hydrogen (secondary N) is 2. The Morgan fingerprint density at radius 1 is 0.481 bits per heavy atom. The van der Waals surface area contributed by atoms with E-state index in [0.717, 1.165) is 20.9 Å². The Kier molecular flexibility index (Phi) is 9.79. The number of benzene rings is 6. The first-order valence-corrected chi connectivity index (χ1v) is 21.0. The number of nitrogens with two attached hydrogens (primary N) is 2. The predicted molar refractivity (Wildman–Crippen MR) is 214 cm³/mol. The van der Waals surface area contributed by atoms with Crippen LogP contribution in [0.5, 0.6) is 0 Å². The highest BCUT2D eigenvalue weighted by molar-refractivity contribution is 7.99. The van der Waals surface area contributed by atoms with Crippen molar-refractivity contribution in [2.75, 3.05) is 20.9 Å². The van der Waals surface area contributed by atoms with Crippen LogP contribution >= 0.6 is 23.5 Å². The van der Waals surface area contributed by atoms with Gasteiger partial charge in [0.25, 0.3) is 20.0 Å². The first kappa shape index (κ1) is 36.8. The molecule has 0 fully saturated rings. The predicted octanol–water partition coefficient (Wildman–Crippen LogP) is 8.15. The van der Waals surface area contributed by atoms with Crippen LogP contribution < -0.4 is 20.9 Å². The van der Waals surface area contributed by atoms with Crippen molar-refractivity contribution in [3.8, 4) is 0 Å². The Balaban J connectivity index is 1.46. The lowest BCUT2D eigenvalue weighted by Crippen LogP contribution is -2.28. The molecule has 0 heterocycles. The first-order chi connectivity index (χ1) is 25.7. The molecule has 10 nitrogen and oxygen atoms in total. The van der Waals surface area contributed by atoms with Gasteiger partial charge >= 0.3 is 0 Å². The molecule has 54 heavy (non-hydrogen) atoms. The van der Waals surface area contributed by atoms with E-state index in [1.165, 1.54) is 59.9 Å². The van der Waals surface area contributed by atoms with Crippen molar-refractivity contribution in [2.24, 2.45) is 0 Å². The lowest BCUT2D eigenvalue weighted by molar-refractivity contribution is 0.0981. The Bertz CT molecular complexity index is 2500. The summed E-state index contributed by atoms with van der Waals surface area (Å²) in [5, 5.41) is 0. The second-order valence-corrected chi connectivity index (χ2v) is 18.1. The van der Waals surface area contributed by atoms with Crippen LogP contribution in [0.4, 0.5) is 22.7 Å². The molecule has 6 aromatic rings. The van der Waals surface area contributed by atoms with Crippen LogP contribution in [-0.2, 0) is 20.0 Å². The van der Waals surface area contributed by atoms with E-state index in [0.29, 0.717) is 0 Å². The molecule has 0 aliphatic heterocycles. The molecule has 6 N–H and O–H groups in total. The van der Waals surface area contributed by atoms with E-state index in [-0.39, 0.29) is 64.6 Å². The van der Waals surface area contributed by atoms with Gasteiger partial charge in [0.05, 0.1) is 54.8 Å². The molecule has 0 atom stereocenters. The summed E-state index contributed by atoms with van der Waals surface area (Å²) in [4.78, 5) is 31.7. The van der Waals surface area contributed by atoms with Crippen LogP contribution in [0.25, 0.3) is 0 Å². The Morgan fingerprint density at radius 2 is 0.815 bits per heavy atom. The molecular weight excluding hydrogens is 761 g/mol. The molecule has 0 saturated heterocycles. The average molecular weight is 793 g/mol. The topological polar surface area (TPSA) is 179 Å². The quantitative estimate of drug-likeness (QED) is 0.0988. The van der Waals surface area contributed by atoms with Crippen molar-refractivity contribution in [1.82, 2.24) is 0 Å². The monoisotopic (exact) mass is 792 g/mol. The molecular formula is C40H32N4O6S4. The maximum Gasteiger partial charge on any atom is 0.261 e. The number of ketones is 2. The van der Waals surface area contributed by atoms with Gasteiger partial charge < -0.3 is 11.5 Å². The minimum absolute atomic E-state index is 0.0696. The molecule has 1 aliphatic carbocycles. The SMILES string of the molecule is Cc1ccc(S(=O)(=O)Nc2cc(Sc3ccccc3)c(N)c3c2C(=O)c2c(N)c(Sc4ccccc4)cc(NS(=O)(=O)c4ccc(C)cc4)c2C3=O)cc1. The van der Waals surface area contributed by atoms with Crippen LogP contribution in [0.3, 0.4) is 0 Å². The molecule has 6 aromatic carbocycles. The van der Waals surface area contributed by atoms with Gasteiger partial charge in [0, 0.05) is 19.6 Å². The van der Waals surface area contributed by atoms with Gasteiger partial charge in [-0.15, -0.1) is 0 Å². The van der Waals surface area contributed by atoms with Crippen LogP contribution in [0.2, 0.25) is 0 Å². The number of carbonyl (C=O) groups is 2. The van der Waals surface area contributed by atoms with Crippen LogP contribution in [-0.4, -0.2) is 28.4 Å². The standard InChI is InChI=1S/C40H32N4O6S4/c1-23-13-17-27(18-14-23)53(47,48)43-29-21-31(51-25-9-5-3-6-10-25)37(41)35-33(29)39(45)36-34(40(35)46)30(44-54(49,50)28-19-15-24(2)16-20-28)22-32(38(36)42)52-26-11-7-4-8-12-26/h3-22,43-44H,41-42H2,1-2H3. The minimum Gasteiger partial charge on any atom is -0.397 e. The van der Waals surface area contributed by atoms with Gasteiger partial charge in [-0.2, -0.15) is 0 Å². The molecule has 0 saturated carbocycles. The molecule has 7 rings (SSSR count). The maximum atomic E-state index is 14.9. The second kappa shape index (κ2) is 14.4. The number of carbonyl (C=O) groups excluding carboxylic acids is 2. The zero-order valence-electron chi connectivity index (χ0n) is 28.8. The lowest BCUT2D eigenvalue weighted by atomic mass is 9.81. The zero-order valence-corrected chi connectivity index (χ0v) is 32.1. The average Bonchev–Trinajstić information content (AvgIpc) is 3.14. The summed E-state index contributed by atoms with van der Waals surface area (Å²) >= 11 is 2.33. The molecule has 0 spiro atoms. The molecule has 0 unspecified atom stereocenters. The summed E-state index contributed by atoms with van der Waals surface area (Å²) < 4.78 is 60.4. The van der Waals surface area contributed by atoms with Crippen LogP contribution in [0, 0.1) is 13.8 Å². The van der Waals surface area contributed by atoms with Gasteiger partial charge in [-0.3, -0.25) is 19.0 Å². The fourth-order valence-corrected chi connectivity index (χ4v) is 9.94. The number of sulfonamides is 2. The summed E-state index contributed by atoms with van der Waals surface area (Å²) in [6, 6.07) is 33.3. The normalized spacial score (nSPS) is 12.6. The zero-order chi connectivity index (χ0) is 38.4. The number of nitrogen functional groups attached to an aromatic ring is 2. The van der Waals surface area contributed by atoms with Gasteiger partial charge in [0.15, 0.2) is 11.6 Å². The third-order valence-electron chi connectivity index (χ3n) is 8.66. The molecule has 0 aromatic heterocycles. The van der Waals surface area contributed by atoms with Crippen LogP contribution in [0.1, 0.15) is 43.0 Å². The number of aryl methyl sites for hydroxylation is 2. The highest BCUT2D eigenvalue weighted by atomic mass is 32.2. The van der Waals surface area contributed by atoms with E-state index >= 15 is 0 Å². The summed E-state index contributed by atoms with van der Waals surface area (Å²) in [5.74, 6) is -1.62. The van der Waals surface area contributed by atoms with Gasteiger partial charge in [-0.1, -0.05) is 95.3 Å². The largest absolute Gasteiger partial charge is 0.397 e. The van der Waals surface area contributed by atoms with E-state index in [2.05, 4.69) is 9.44 Å². The number of hydrogen-bond acceptors (Lipinski definition) is 10. The van der Waals surface area contributed by atoms with E-state index in [9.17, 15) is 26.4 Å². The smallest absolute Gasteiger partial charge is 0.261 e. The second-order valence-electron chi connectivity index (χ2n) is 12.5. The third-order valence-corrected chi connectivity index (χ3v) is 13.6. The highest BCUT2D eigenvalue weighted by Crippen LogP contribution is 2.48. The molecule has 0 radical (unpaired) electrons. The third kappa shape index (κ3) is 7.08. The van der Waals surface area contributed by atoms with E-state index in [4.69, 9.17) is 11.5 Å². The van der Waals surface area contributed by atoms with E-state index in [1.54, 1.807) is 24.3 Å². The Hall–Kier alpha value is -5.54. The first-order valence-electron chi connectivity index (χ1n) is 16.4. The number of anilines is 4. The molecule has 0 amide bonds. The summed E-state index contributed by atoms with van der Waals surface area (Å²) in [6.45, 7) is 3.64. The van der Waals surface area contributed by atoms with Gasteiger partial charge in [-0.25, -0.2) is 16.8 Å². The lowest BCUT2D eigenvalue weighted by Gasteiger charge is -2.27. The minimum atomic E-state index is -4.30. The van der Waals surface area contributed by atoms with Crippen LogP contribution in [0.15, 0.2) is 151 Å². The van der Waals surface area contributed by atoms with Crippen molar-refractivity contribution in [3.63, 3.8) is 0 Å². The number of rotatable bonds is 10. The summed E-state index contributed by atoms with van der Waals surface area (Å²) in [6.07, 6.45) is 0. The Morgan fingerprint density at radius 3 is 1.15 bits per heavy atom. The highest BCUT2D eigenvalue weighted by Gasteiger charge is 2.40. The van der Waals surface area contributed by atoms with Crippen molar-refractivity contribution < 1.29 is 26.4 Å². The van der Waals surface area contributed by atoms with Gasteiger partial charge in [0.1, 0.15) is 0 Å². The van der Waals surface area contributed by atoms with E-state index in [1.807, 2.05) is 74.5 Å². The van der Waals surface area contributed by atoms with Crippen molar-refractivity contribution in [2.45, 2.75) is 43.2 Å². The fraction of sp³-hybridized carbons (Fsp3) is 0.0500. The fourth-order valence-electron chi connectivity index (χ4n) is 5.94. The number of fused-ring (bicyclic) bond motifs is 2. The molecule has 0 bridgehead atoms. The molecule has 14 heteroatoms. The molecule has 272 valence electrons. The van der Waals surface area contributed by atoms with Gasteiger partial charge in [-0.05, 0) is 74.5 Å².